The predicted molar refractivity (Wildman–Crippen MR) is 69.8 cm³/mol. The Bertz CT molecular complexity index is 479. The van der Waals surface area contributed by atoms with Crippen LogP contribution in [0.25, 0.3) is 0 Å². The largest absolute Gasteiger partial charge is 0.481 e. The summed E-state index contributed by atoms with van der Waals surface area (Å²) in [6.45, 7) is 1.88. The Morgan fingerprint density at radius 2 is 2.16 bits per heavy atom. The minimum absolute atomic E-state index is 0.143. The van der Waals surface area contributed by atoms with Crippen molar-refractivity contribution in [1.29, 1.82) is 0 Å². The SMILES string of the molecule is CCCC(CC(=O)O)NC(=O)c1ccc(Cl)cc1F. The lowest BCUT2D eigenvalue weighted by Crippen LogP contribution is -2.36. The van der Waals surface area contributed by atoms with E-state index in [4.69, 9.17) is 16.7 Å². The molecule has 0 saturated heterocycles. The van der Waals surface area contributed by atoms with Crippen LogP contribution < -0.4 is 5.32 Å². The number of hydrogen-bond acceptors (Lipinski definition) is 2. The molecule has 0 spiro atoms. The summed E-state index contributed by atoms with van der Waals surface area (Å²) < 4.78 is 13.5. The molecule has 1 atom stereocenters. The molecule has 1 amide bonds. The van der Waals surface area contributed by atoms with Gasteiger partial charge in [-0.15, -0.1) is 0 Å². The first kappa shape index (κ1) is 15.4. The third-order valence-electron chi connectivity index (χ3n) is 2.57. The number of hydrogen-bond donors (Lipinski definition) is 2. The van der Waals surface area contributed by atoms with Crippen LogP contribution in [-0.4, -0.2) is 23.0 Å². The highest BCUT2D eigenvalue weighted by Gasteiger charge is 2.18. The van der Waals surface area contributed by atoms with Crippen molar-refractivity contribution >= 4 is 23.5 Å². The Morgan fingerprint density at radius 1 is 1.47 bits per heavy atom. The van der Waals surface area contributed by atoms with Crippen molar-refractivity contribution in [1.82, 2.24) is 5.32 Å². The molecule has 0 saturated carbocycles. The molecule has 19 heavy (non-hydrogen) atoms. The van der Waals surface area contributed by atoms with E-state index in [-0.39, 0.29) is 17.0 Å². The van der Waals surface area contributed by atoms with Gasteiger partial charge in [0.2, 0.25) is 0 Å². The maximum atomic E-state index is 13.5. The Labute approximate surface area is 115 Å². The van der Waals surface area contributed by atoms with E-state index in [2.05, 4.69) is 5.32 Å². The van der Waals surface area contributed by atoms with Crippen LogP contribution in [0.2, 0.25) is 5.02 Å². The molecule has 1 aromatic rings. The molecule has 0 fully saturated rings. The van der Waals surface area contributed by atoms with Gasteiger partial charge in [0.25, 0.3) is 5.91 Å². The van der Waals surface area contributed by atoms with Gasteiger partial charge in [0.1, 0.15) is 5.82 Å². The fourth-order valence-corrected chi connectivity index (χ4v) is 1.88. The normalized spacial score (nSPS) is 11.9. The van der Waals surface area contributed by atoms with Gasteiger partial charge >= 0.3 is 5.97 Å². The van der Waals surface area contributed by atoms with Crippen LogP contribution in [-0.2, 0) is 4.79 Å². The molecule has 0 aliphatic rings. The van der Waals surface area contributed by atoms with Gasteiger partial charge < -0.3 is 10.4 Å². The van der Waals surface area contributed by atoms with E-state index in [1.165, 1.54) is 12.1 Å². The maximum Gasteiger partial charge on any atom is 0.305 e. The number of halogens is 2. The summed E-state index contributed by atoms with van der Waals surface area (Å²) in [5.74, 6) is -2.36. The highest BCUT2D eigenvalue weighted by Crippen LogP contribution is 2.15. The minimum atomic E-state index is -1.00. The van der Waals surface area contributed by atoms with E-state index in [0.29, 0.717) is 6.42 Å². The van der Waals surface area contributed by atoms with Crippen molar-refractivity contribution in [3.8, 4) is 0 Å². The zero-order chi connectivity index (χ0) is 14.4. The molecule has 0 radical (unpaired) electrons. The van der Waals surface area contributed by atoms with E-state index < -0.39 is 23.7 Å². The fraction of sp³-hybridized carbons (Fsp3) is 0.385. The van der Waals surface area contributed by atoms with E-state index in [1.807, 2.05) is 6.92 Å². The van der Waals surface area contributed by atoms with Crippen LogP contribution in [0.1, 0.15) is 36.5 Å². The van der Waals surface area contributed by atoms with Gasteiger partial charge in [-0.05, 0) is 24.6 Å². The molecule has 6 heteroatoms. The Hall–Kier alpha value is -1.62. The standard InChI is InChI=1S/C13H15ClFNO3/c1-2-3-9(7-12(17)18)16-13(19)10-5-4-8(14)6-11(10)15/h4-6,9H,2-3,7H2,1H3,(H,16,19)(H,17,18). The first-order valence-electron chi connectivity index (χ1n) is 5.91. The number of carboxylic acids is 1. The minimum Gasteiger partial charge on any atom is -0.481 e. The Morgan fingerprint density at radius 3 is 2.68 bits per heavy atom. The van der Waals surface area contributed by atoms with Crippen LogP contribution in [0.3, 0.4) is 0 Å². The maximum absolute atomic E-state index is 13.5. The first-order valence-corrected chi connectivity index (χ1v) is 6.29. The second-order valence-corrected chi connectivity index (χ2v) is 4.62. The van der Waals surface area contributed by atoms with E-state index in [9.17, 15) is 14.0 Å². The van der Waals surface area contributed by atoms with E-state index in [1.54, 1.807) is 0 Å². The zero-order valence-electron chi connectivity index (χ0n) is 10.5. The van der Waals surface area contributed by atoms with Crippen molar-refractivity contribution in [3.05, 3.63) is 34.6 Å². The van der Waals surface area contributed by atoms with Crippen LogP contribution in [0.5, 0.6) is 0 Å². The van der Waals surface area contributed by atoms with Gasteiger partial charge in [-0.2, -0.15) is 0 Å². The number of amides is 1. The van der Waals surface area contributed by atoms with Crippen molar-refractivity contribution in [2.75, 3.05) is 0 Å². The summed E-state index contributed by atoms with van der Waals surface area (Å²) in [6, 6.07) is 3.22. The van der Waals surface area contributed by atoms with Crippen LogP contribution >= 0.6 is 11.6 Å². The number of carbonyl (C=O) groups is 2. The number of aliphatic carboxylic acids is 1. The number of carbonyl (C=O) groups excluding carboxylic acids is 1. The van der Waals surface area contributed by atoms with E-state index in [0.717, 1.165) is 12.5 Å². The molecule has 0 bridgehead atoms. The van der Waals surface area contributed by atoms with Crippen molar-refractivity contribution < 1.29 is 19.1 Å². The molecule has 2 N–H and O–H groups in total. The second kappa shape index (κ2) is 7.09. The molecule has 1 aromatic carbocycles. The van der Waals surface area contributed by atoms with Gasteiger partial charge in [-0.1, -0.05) is 24.9 Å². The summed E-state index contributed by atoms with van der Waals surface area (Å²) >= 11 is 5.60. The number of carboxylic acid groups (broad SMARTS) is 1. The van der Waals surface area contributed by atoms with Gasteiger partial charge in [0, 0.05) is 11.1 Å². The molecule has 0 heterocycles. The molecule has 0 aliphatic heterocycles. The lowest BCUT2D eigenvalue weighted by Gasteiger charge is -2.16. The predicted octanol–water partition coefficient (Wildman–Crippen LogP) is 2.85. The van der Waals surface area contributed by atoms with Gasteiger partial charge in [-0.3, -0.25) is 9.59 Å². The fourth-order valence-electron chi connectivity index (χ4n) is 1.72. The summed E-state index contributed by atoms with van der Waals surface area (Å²) in [4.78, 5) is 22.5. The smallest absolute Gasteiger partial charge is 0.305 e. The summed E-state index contributed by atoms with van der Waals surface area (Å²) in [5, 5.41) is 11.5. The molecule has 104 valence electrons. The van der Waals surface area contributed by atoms with Gasteiger partial charge in [-0.25, -0.2) is 4.39 Å². The number of rotatable bonds is 6. The number of nitrogens with one attached hydrogen (secondary N) is 1. The molecular formula is C13H15ClFNO3. The lowest BCUT2D eigenvalue weighted by atomic mass is 10.1. The Balaban J connectivity index is 2.78. The van der Waals surface area contributed by atoms with Gasteiger partial charge in [0.15, 0.2) is 0 Å². The van der Waals surface area contributed by atoms with Gasteiger partial charge in [0.05, 0.1) is 12.0 Å². The molecule has 1 unspecified atom stereocenters. The second-order valence-electron chi connectivity index (χ2n) is 4.18. The monoisotopic (exact) mass is 287 g/mol. The van der Waals surface area contributed by atoms with Crippen LogP contribution in [0.15, 0.2) is 18.2 Å². The summed E-state index contributed by atoms with van der Waals surface area (Å²) in [6.07, 6.45) is 1.06. The van der Waals surface area contributed by atoms with E-state index >= 15 is 0 Å². The molecular weight excluding hydrogens is 273 g/mol. The highest BCUT2D eigenvalue weighted by molar-refractivity contribution is 6.30. The zero-order valence-corrected chi connectivity index (χ0v) is 11.2. The molecule has 1 rings (SSSR count). The molecule has 4 nitrogen and oxygen atoms in total. The molecule has 0 aliphatic carbocycles. The topological polar surface area (TPSA) is 66.4 Å². The quantitative estimate of drug-likeness (QED) is 0.845. The Kier molecular flexibility index (Phi) is 5.76. The van der Waals surface area contributed by atoms with Crippen molar-refractivity contribution in [2.24, 2.45) is 0 Å². The average molecular weight is 288 g/mol. The van der Waals surface area contributed by atoms with Crippen molar-refractivity contribution in [2.45, 2.75) is 32.2 Å². The lowest BCUT2D eigenvalue weighted by molar-refractivity contribution is -0.137. The number of benzene rings is 1. The highest BCUT2D eigenvalue weighted by atomic mass is 35.5. The summed E-state index contributed by atoms with van der Waals surface area (Å²) in [7, 11) is 0. The summed E-state index contributed by atoms with van der Waals surface area (Å²) in [5.41, 5.74) is -0.143. The first-order chi connectivity index (χ1) is 8.93. The molecule has 0 aromatic heterocycles. The van der Waals surface area contributed by atoms with Crippen molar-refractivity contribution in [3.63, 3.8) is 0 Å². The third-order valence-corrected chi connectivity index (χ3v) is 2.80. The van der Waals surface area contributed by atoms with Crippen LogP contribution in [0.4, 0.5) is 4.39 Å². The third kappa shape index (κ3) is 4.87. The van der Waals surface area contributed by atoms with Crippen LogP contribution in [0, 0.1) is 5.82 Å². The average Bonchev–Trinajstić information content (AvgIpc) is 2.27.